The van der Waals surface area contributed by atoms with Crippen molar-refractivity contribution >= 4 is 11.7 Å². The van der Waals surface area contributed by atoms with Crippen LogP contribution in [0.25, 0.3) is 0 Å². The fourth-order valence-electron chi connectivity index (χ4n) is 2.15. The van der Waals surface area contributed by atoms with E-state index in [1.807, 2.05) is 6.07 Å². The van der Waals surface area contributed by atoms with E-state index in [2.05, 4.69) is 18.7 Å². The van der Waals surface area contributed by atoms with E-state index in [0.717, 1.165) is 18.5 Å². The minimum Gasteiger partial charge on any atom is -0.478 e. The van der Waals surface area contributed by atoms with Gasteiger partial charge in [-0.15, -0.1) is 0 Å². The molecule has 0 spiro atoms. The van der Waals surface area contributed by atoms with Crippen molar-refractivity contribution in [3.05, 3.63) is 29.3 Å². The Morgan fingerprint density at radius 1 is 1.50 bits per heavy atom. The maximum absolute atomic E-state index is 11.4. The highest BCUT2D eigenvalue weighted by Gasteiger charge is 2.18. The van der Waals surface area contributed by atoms with Gasteiger partial charge in [-0.05, 0) is 25.0 Å². The van der Waals surface area contributed by atoms with E-state index >= 15 is 0 Å². The summed E-state index contributed by atoms with van der Waals surface area (Å²) in [7, 11) is 1.66. The largest absolute Gasteiger partial charge is 0.478 e. The van der Waals surface area contributed by atoms with Crippen molar-refractivity contribution in [2.24, 2.45) is 0 Å². The molecule has 20 heavy (non-hydrogen) atoms. The first-order valence-corrected chi connectivity index (χ1v) is 6.84. The van der Waals surface area contributed by atoms with Gasteiger partial charge >= 0.3 is 5.97 Å². The Balaban J connectivity index is 2.98. The van der Waals surface area contributed by atoms with Crippen LogP contribution in [0.5, 0.6) is 0 Å². The molecule has 1 unspecified atom stereocenters. The van der Waals surface area contributed by atoms with Crippen molar-refractivity contribution in [1.82, 2.24) is 4.90 Å². The van der Waals surface area contributed by atoms with Crippen LogP contribution >= 0.6 is 0 Å². The van der Waals surface area contributed by atoms with Crippen LogP contribution in [0.3, 0.4) is 0 Å². The Morgan fingerprint density at radius 2 is 2.20 bits per heavy atom. The number of carbonyl (C=O) groups is 1. The molecule has 0 saturated heterocycles. The van der Waals surface area contributed by atoms with E-state index < -0.39 is 5.97 Å². The van der Waals surface area contributed by atoms with Crippen molar-refractivity contribution < 1.29 is 14.6 Å². The summed E-state index contributed by atoms with van der Waals surface area (Å²) in [6, 6.07) is 5.59. The molecular weight excluding hydrogens is 256 g/mol. The number of aromatic carboxylic acids is 1. The van der Waals surface area contributed by atoms with Crippen LogP contribution in [0.15, 0.2) is 18.2 Å². The predicted octanol–water partition coefficient (Wildman–Crippen LogP) is 2.21. The van der Waals surface area contributed by atoms with Crippen molar-refractivity contribution in [3.63, 3.8) is 0 Å². The van der Waals surface area contributed by atoms with Crippen molar-refractivity contribution in [2.75, 3.05) is 26.0 Å². The van der Waals surface area contributed by atoms with Crippen LogP contribution in [0.1, 0.15) is 36.2 Å². The quantitative estimate of drug-likeness (QED) is 0.714. The van der Waals surface area contributed by atoms with Gasteiger partial charge in [0.2, 0.25) is 0 Å². The summed E-state index contributed by atoms with van der Waals surface area (Å²) < 4.78 is 5.12. The van der Waals surface area contributed by atoms with Gasteiger partial charge in [-0.1, -0.05) is 19.1 Å². The molecule has 0 fully saturated rings. The van der Waals surface area contributed by atoms with Gasteiger partial charge in [0.1, 0.15) is 0 Å². The number of rotatable bonds is 8. The average Bonchev–Trinajstić information content (AvgIpc) is 2.42. The second kappa shape index (κ2) is 7.87. The van der Waals surface area contributed by atoms with Crippen LogP contribution in [-0.4, -0.2) is 42.3 Å². The molecule has 0 aliphatic carbocycles. The Morgan fingerprint density at radius 3 is 2.75 bits per heavy atom. The Hall–Kier alpha value is -1.59. The normalized spacial score (nSPS) is 12.6. The molecular formula is C15H24N2O3. The molecule has 0 aliphatic rings. The summed E-state index contributed by atoms with van der Waals surface area (Å²) >= 11 is 0. The SMILES string of the molecule is CCC(C)N(CCOC)Cc1cccc(N)c1C(=O)O. The summed E-state index contributed by atoms with van der Waals surface area (Å²) in [6.07, 6.45) is 0.994. The molecule has 5 heteroatoms. The standard InChI is InChI=1S/C15H24N2O3/c1-4-11(2)17(8-9-20-3)10-12-6-5-7-13(16)14(12)15(18)19/h5-7,11H,4,8-10,16H2,1-3H3,(H,18,19). The van der Waals surface area contributed by atoms with E-state index in [9.17, 15) is 9.90 Å². The number of anilines is 1. The fourth-order valence-corrected chi connectivity index (χ4v) is 2.15. The molecule has 0 bridgehead atoms. The molecule has 0 aliphatic heterocycles. The van der Waals surface area contributed by atoms with E-state index in [1.54, 1.807) is 19.2 Å². The van der Waals surface area contributed by atoms with E-state index in [1.165, 1.54) is 0 Å². The number of carboxylic acids is 1. The molecule has 0 aromatic heterocycles. The number of nitrogen functional groups attached to an aromatic ring is 1. The molecule has 1 aromatic rings. The lowest BCUT2D eigenvalue weighted by Crippen LogP contribution is -2.35. The summed E-state index contributed by atoms with van der Waals surface area (Å²) in [5, 5.41) is 9.31. The number of hydrogen-bond acceptors (Lipinski definition) is 4. The summed E-state index contributed by atoms with van der Waals surface area (Å²) in [6.45, 7) is 6.18. The molecule has 0 amide bonds. The number of benzene rings is 1. The van der Waals surface area contributed by atoms with Crippen LogP contribution in [0.4, 0.5) is 5.69 Å². The lowest BCUT2D eigenvalue weighted by atomic mass is 10.0. The molecule has 3 N–H and O–H groups in total. The molecule has 1 atom stereocenters. The first-order chi connectivity index (χ1) is 9.51. The van der Waals surface area contributed by atoms with Gasteiger partial charge in [-0.3, -0.25) is 4.90 Å². The highest BCUT2D eigenvalue weighted by molar-refractivity contribution is 5.95. The summed E-state index contributed by atoms with van der Waals surface area (Å²) in [4.78, 5) is 13.6. The maximum Gasteiger partial charge on any atom is 0.338 e. The number of carboxylic acid groups (broad SMARTS) is 1. The molecule has 0 radical (unpaired) electrons. The van der Waals surface area contributed by atoms with Crippen molar-refractivity contribution in [3.8, 4) is 0 Å². The monoisotopic (exact) mass is 280 g/mol. The molecule has 1 aromatic carbocycles. The number of methoxy groups -OCH3 is 1. The number of nitrogens with two attached hydrogens (primary N) is 1. The van der Waals surface area contributed by atoms with Gasteiger partial charge in [-0.2, -0.15) is 0 Å². The highest BCUT2D eigenvalue weighted by Crippen LogP contribution is 2.20. The summed E-state index contributed by atoms with van der Waals surface area (Å²) in [5.41, 5.74) is 7.04. The van der Waals surface area contributed by atoms with Gasteiger partial charge in [0.25, 0.3) is 0 Å². The smallest absolute Gasteiger partial charge is 0.338 e. The molecule has 0 saturated carbocycles. The lowest BCUT2D eigenvalue weighted by Gasteiger charge is -2.28. The minimum absolute atomic E-state index is 0.207. The minimum atomic E-state index is -0.978. The van der Waals surface area contributed by atoms with Gasteiger partial charge in [-0.25, -0.2) is 4.79 Å². The van der Waals surface area contributed by atoms with Crippen LogP contribution in [0, 0.1) is 0 Å². The number of nitrogens with zero attached hydrogens (tertiary/aromatic N) is 1. The third-order valence-electron chi connectivity index (χ3n) is 3.57. The molecule has 112 valence electrons. The van der Waals surface area contributed by atoms with Gasteiger partial charge in [0.05, 0.1) is 12.2 Å². The molecule has 1 rings (SSSR count). The molecule has 0 heterocycles. The predicted molar refractivity (Wildman–Crippen MR) is 79.9 cm³/mol. The van der Waals surface area contributed by atoms with E-state index in [-0.39, 0.29) is 5.56 Å². The summed E-state index contributed by atoms with van der Waals surface area (Å²) in [5.74, 6) is -0.978. The Kier molecular flexibility index (Phi) is 6.48. The van der Waals surface area contributed by atoms with E-state index in [4.69, 9.17) is 10.5 Å². The number of hydrogen-bond donors (Lipinski definition) is 2. The topological polar surface area (TPSA) is 75.8 Å². The Bertz CT molecular complexity index is 449. The van der Waals surface area contributed by atoms with Gasteiger partial charge < -0.3 is 15.6 Å². The third kappa shape index (κ3) is 4.21. The molecule has 5 nitrogen and oxygen atoms in total. The van der Waals surface area contributed by atoms with Crippen LogP contribution in [0.2, 0.25) is 0 Å². The van der Waals surface area contributed by atoms with Gasteiger partial charge in [0.15, 0.2) is 0 Å². The van der Waals surface area contributed by atoms with Crippen LogP contribution < -0.4 is 5.73 Å². The zero-order valence-corrected chi connectivity index (χ0v) is 12.4. The first kappa shape index (κ1) is 16.5. The van der Waals surface area contributed by atoms with Crippen LogP contribution in [-0.2, 0) is 11.3 Å². The third-order valence-corrected chi connectivity index (χ3v) is 3.57. The van der Waals surface area contributed by atoms with E-state index in [0.29, 0.717) is 24.9 Å². The second-order valence-corrected chi connectivity index (χ2v) is 4.91. The van der Waals surface area contributed by atoms with Gasteiger partial charge in [0, 0.05) is 31.9 Å². The zero-order chi connectivity index (χ0) is 15.1. The number of ether oxygens (including phenoxy) is 1. The Labute approximate surface area is 120 Å². The van der Waals surface area contributed by atoms with Crippen molar-refractivity contribution in [1.29, 1.82) is 0 Å². The zero-order valence-electron chi connectivity index (χ0n) is 12.4. The average molecular weight is 280 g/mol. The highest BCUT2D eigenvalue weighted by atomic mass is 16.5. The first-order valence-electron chi connectivity index (χ1n) is 6.84. The maximum atomic E-state index is 11.4. The van der Waals surface area contributed by atoms with Crippen molar-refractivity contribution in [2.45, 2.75) is 32.9 Å². The lowest BCUT2D eigenvalue weighted by molar-refractivity contribution is 0.0693. The second-order valence-electron chi connectivity index (χ2n) is 4.91. The fraction of sp³-hybridized carbons (Fsp3) is 0.533.